The Morgan fingerprint density at radius 1 is 1.56 bits per heavy atom. The van der Waals surface area contributed by atoms with E-state index >= 15 is 0 Å². The molecular formula is C11H13ClN2O2. The van der Waals surface area contributed by atoms with Gasteiger partial charge in [0.15, 0.2) is 0 Å². The molecule has 0 radical (unpaired) electrons. The maximum atomic E-state index is 10.8. The largest absolute Gasteiger partial charge is 0.376 e. The maximum Gasteiger partial charge on any atom is 0.293 e. The molecule has 1 N–H and O–H groups in total. The fourth-order valence-corrected chi connectivity index (χ4v) is 1.85. The molecule has 1 aliphatic rings. The van der Waals surface area contributed by atoms with Gasteiger partial charge < -0.3 is 5.32 Å². The lowest BCUT2D eigenvalue weighted by molar-refractivity contribution is -0.384. The summed E-state index contributed by atoms with van der Waals surface area (Å²) >= 11 is 5.74. The topological polar surface area (TPSA) is 55.2 Å². The normalized spacial score (nSPS) is 21.6. The first-order chi connectivity index (χ1) is 7.40. The molecule has 1 aromatic carbocycles. The van der Waals surface area contributed by atoms with Gasteiger partial charge in [0.2, 0.25) is 0 Å². The summed E-state index contributed by atoms with van der Waals surface area (Å²) in [5.41, 5.74) is 0.813. The summed E-state index contributed by atoms with van der Waals surface area (Å²) in [5, 5.41) is 14.4. The summed E-state index contributed by atoms with van der Waals surface area (Å²) < 4.78 is 0. The lowest BCUT2D eigenvalue weighted by Crippen LogP contribution is -2.09. The number of nitro benzene ring substituents is 1. The summed E-state index contributed by atoms with van der Waals surface area (Å²) in [6, 6.07) is 5.01. The molecule has 0 saturated heterocycles. The van der Waals surface area contributed by atoms with E-state index in [4.69, 9.17) is 11.6 Å². The SMILES string of the molecule is CC1(C)CC1Nc1ccc(Cl)cc1[N+](=O)[O-]. The average Bonchev–Trinajstić information content (AvgIpc) is 2.76. The van der Waals surface area contributed by atoms with Gasteiger partial charge in [0.1, 0.15) is 5.69 Å². The Morgan fingerprint density at radius 3 is 2.69 bits per heavy atom. The van der Waals surface area contributed by atoms with Crippen molar-refractivity contribution in [3.05, 3.63) is 33.3 Å². The van der Waals surface area contributed by atoms with Crippen LogP contribution in [0.15, 0.2) is 18.2 Å². The summed E-state index contributed by atoms with van der Waals surface area (Å²) in [4.78, 5) is 10.4. The van der Waals surface area contributed by atoms with Crippen LogP contribution in [0.5, 0.6) is 0 Å². The number of halogens is 1. The van der Waals surface area contributed by atoms with E-state index in [1.165, 1.54) is 6.07 Å². The minimum absolute atomic E-state index is 0.0372. The molecule has 1 fully saturated rings. The Bertz CT molecular complexity index is 446. The number of nitrogens with zero attached hydrogens (tertiary/aromatic N) is 1. The molecule has 1 saturated carbocycles. The highest BCUT2D eigenvalue weighted by atomic mass is 35.5. The van der Waals surface area contributed by atoms with Gasteiger partial charge in [-0.25, -0.2) is 0 Å². The van der Waals surface area contributed by atoms with E-state index in [1.54, 1.807) is 12.1 Å². The number of hydrogen-bond donors (Lipinski definition) is 1. The molecule has 1 aromatic rings. The molecule has 0 amide bonds. The standard InChI is InChI=1S/C11H13ClN2O2/c1-11(2)6-10(11)13-8-4-3-7(12)5-9(8)14(15)16/h3-5,10,13H,6H2,1-2H3. The number of anilines is 1. The van der Waals surface area contributed by atoms with Crippen molar-refractivity contribution in [3.63, 3.8) is 0 Å². The summed E-state index contributed by atoms with van der Waals surface area (Å²) in [7, 11) is 0. The van der Waals surface area contributed by atoms with E-state index in [0.29, 0.717) is 16.8 Å². The zero-order chi connectivity index (χ0) is 11.9. The van der Waals surface area contributed by atoms with Gasteiger partial charge in [-0.2, -0.15) is 0 Å². The molecule has 1 atom stereocenters. The van der Waals surface area contributed by atoms with Gasteiger partial charge in [0.25, 0.3) is 5.69 Å². The van der Waals surface area contributed by atoms with Crippen molar-refractivity contribution in [3.8, 4) is 0 Å². The minimum Gasteiger partial charge on any atom is -0.376 e. The van der Waals surface area contributed by atoms with Crippen LogP contribution in [0.25, 0.3) is 0 Å². The first-order valence-electron chi connectivity index (χ1n) is 5.10. The predicted molar refractivity (Wildman–Crippen MR) is 63.9 cm³/mol. The van der Waals surface area contributed by atoms with Crippen molar-refractivity contribution in [1.29, 1.82) is 0 Å². The third-order valence-corrected chi connectivity index (χ3v) is 3.23. The molecule has 2 rings (SSSR count). The quantitative estimate of drug-likeness (QED) is 0.650. The zero-order valence-electron chi connectivity index (χ0n) is 9.16. The van der Waals surface area contributed by atoms with Crippen molar-refractivity contribution in [1.82, 2.24) is 0 Å². The molecule has 0 heterocycles. The summed E-state index contributed by atoms with van der Waals surface area (Å²) in [6.45, 7) is 4.26. The van der Waals surface area contributed by atoms with Crippen LogP contribution in [0.1, 0.15) is 20.3 Å². The van der Waals surface area contributed by atoms with Crippen molar-refractivity contribution >= 4 is 23.0 Å². The smallest absolute Gasteiger partial charge is 0.293 e. The van der Waals surface area contributed by atoms with E-state index in [-0.39, 0.29) is 11.1 Å². The Hall–Kier alpha value is -1.29. The lowest BCUT2D eigenvalue weighted by Gasteiger charge is -2.08. The maximum absolute atomic E-state index is 10.8. The van der Waals surface area contributed by atoms with Gasteiger partial charge >= 0.3 is 0 Å². The van der Waals surface area contributed by atoms with Crippen LogP contribution in [0.3, 0.4) is 0 Å². The Balaban J connectivity index is 2.24. The minimum atomic E-state index is -0.413. The average molecular weight is 241 g/mol. The third-order valence-electron chi connectivity index (χ3n) is 3.00. The summed E-state index contributed by atoms with van der Waals surface area (Å²) in [6.07, 6.45) is 1.03. The highest BCUT2D eigenvalue weighted by molar-refractivity contribution is 6.30. The predicted octanol–water partition coefficient (Wildman–Crippen LogP) is 3.46. The molecule has 0 aliphatic heterocycles. The third kappa shape index (κ3) is 2.11. The molecule has 4 nitrogen and oxygen atoms in total. The number of nitro groups is 1. The van der Waals surface area contributed by atoms with Crippen LogP contribution >= 0.6 is 11.6 Å². The Kier molecular flexibility index (Phi) is 2.54. The lowest BCUT2D eigenvalue weighted by atomic mass is 10.2. The van der Waals surface area contributed by atoms with Crippen LogP contribution < -0.4 is 5.32 Å². The monoisotopic (exact) mass is 240 g/mol. The van der Waals surface area contributed by atoms with Crippen molar-refractivity contribution in [2.45, 2.75) is 26.3 Å². The molecule has 1 aliphatic carbocycles. The van der Waals surface area contributed by atoms with Crippen LogP contribution in [0.2, 0.25) is 5.02 Å². The second kappa shape index (κ2) is 3.63. The number of benzene rings is 1. The van der Waals surface area contributed by atoms with Gasteiger partial charge in [-0.3, -0.25) is 10.1 Å². The van der Waals surface area contributed by atoms with Crippen LogP contribution in [0.4, 0.5) is 11.4 Å². The molecule has 5 heteroatoms. The number of rotatable bonds is 3. The van der Waals surface area contributed by atoms with E-state index < -0.39 is 4.92 Å². The Morgan fingerprint density at radius 2 is 2.19 bits per heavy atom. The van der Waals surface area contributed by atoms with Crippen LogP contribution in [-0.4, -0.2) is 11.0 Å². The Labute approximate surface area is 98.8 Å². The molecule has 0 aromatic heterocycles. The van der Waals surface area contributed by atoms with Gasteiger partial charge in [0, 0.05) is 17.1 Å². The van der Waals surface area contributed by atoms with Gasteiger partial charge in [-0.05, 0) is 24.0 Å². The highest BCUT2D eigenvalue weighted by Crippen LogP contribution is 2.47. The first-order valence-corrected chi connectivity index (χ1v) is 5.48. The van der Waals surface area contributed by atoms with Crippen LogP contribution in [0, 0.1) is 15.5 Å². The second-order valence-corrected chi connectivity index (χ2v) is 5.24. The van der Waals surface area contributed by atoms with Crippen molar-refractivity contribution in [2.75, 3.05) is 5.32 Å². The molecule has 16 heavy (non-hydrogen) atoms. The van der Waals surface area contributed by atoms with Crippen molar-refractivity contribution in [2.24, 2.45) is 5.41 Å². The second-order valence-electron chi connectivity index (χ2n) is 4.81. The van der Waals surface area contributed by atoms with Crippen molar-refractivity contribution < 1.29 is 4.92 Å². The fourth-order valence-electron chi connectivity index (χ4n) is 1.68. The first kappa shape index (κ1) is 11.2. The van der Waals surface area contributed by atoms with Gasteiger partial charge in [-0.15, -0.1) is 0 Å². The molecule has 1 unspecified atom stereocenters. The van der Waals surface area contributed by atoms with E-state index in [9.17, 15) is 10.1 Å². The zero-order valence-corrected chi connectivity index (χ0v) is 9.91. The summed E-state index contributed by atoms with van der Waals surface area (Å²) in [5.74, 6) is 0. The van der Waals surface area contributed by atoms with Gasteiger partial charge in [0.05, 0.1) is 4.92 Å². The van der Waals surface area contributed by atoms with Crippen LogP contribution in [-0.2, 0) is 0 Å². The highest BCUT2D eigenvalue weighted by Gasteiger charge is 2.46. The van der Waals surface area contributed by atoms with Gasteiger partial charge in [-0.1, -0.05) is 25.4 Å². The molecule has 0 bridgehead atoms. The van der Waals surface area contributed by atoms with E-state index in [0.717, 1.165) is 6.42 Å². The number of hydrogen-bond acceptors (Lipinski definition) is 3. The van der Waals surface area contributed by atoms with E-state index in [2.05, 4.69) is 19.2 Å². The molecular weight excluding hydrogens is 228 g/mol. The number of nitrogens with one attached hydrogen (secondary N) is 1. The fraction of sp³-hybridized carbons (Fsp3) is 0.455. The van der Waals surface area contributed by atoms with E-state index in [1.807, 2.05) is 0 Å². The molecule has 0 spiro atoms. The molecule has 86 valence electrons.